The Hall–Kier alpha value is -1.78. The van der Waals surface area contributed by atoms with E-state index >= 15 is 0 Å². The van der Waals surface area contributed by atoms with Crippen molar-refractivity contribution in [3.63, 3.8) is 0 Å². The Balaban J connectivity index is 1.94. The minimum atomic E-state index is 0.634. The molecular weight excluding hydrogens is 350 g/mol. The molecule has 0 fully saturated rings. The first-order valence-corrected chi connectivity index (χ1v) is 7.62. The quantitative estimate of drug-likeness (QED) is 0.700. The van der Waals surface area contributed by atoms with Gasteiger partial charge in [-0.15, -0.1) is 0 Å². The molecule has 0 saturated heterocycles. The van der Waals surface area contributed by atoms with E-state index in [1.54, 1.807) is 6.20 Å². The molecule has 0 saturated carbocycles. The molecule has 2 aromatic carbocycles. The number of fused-ring (bicyclic) bond motifs is 1. The monoisotopic (exact) mass is 361 g/mol. The Morgan fingerprint density at radius 3 is 2.67 bits per heavy atom. The number of hydrogen-bond donors (Lipinski definition) is 2. The van der Waals surface area contributed by atoms with Crippen LogP contribution in [-0.4, -0.2) is 4.98 Å². The SMILES string of the molecule is Nc1cnc2ccc(Br)cc2c1NCc1ccc(Cl)cc1. The van der Waals surface area contributed by atoms with Gasteiger partial charge in [0.1, 0.15) is 0 Å². The van der Waals surface area contributed by atoms with Gasteiger partial charge >= 0.3 is 0 Å². The zero-order valence-electron chi connectivity index (χ0n) is 11.1. The molecule has 0 aliphatic carbocycles. The molecule has 3 rings (SSSR count). The first kappa shape index (κ1) is 14.2. The van der Waals surface area contributed by atoms with Gasteiger partial charge in [-0.3, -0.25) is 4.98 Å². The number of halogens is 2. The van der Waals surface area contributed by atoms with E-state index in [-0.39, 0.29) is 0 Å². The van der Waals surface area contributed by atoms with Gasteiger partial charge in [-0.05, 0) is 35.9 Å². The van der Waals surface area contributed by atoms with Crippen molar-refractivity contribution in [2.24, 2.45) is 0 Å². The fourth-order valence-corrected chi connectivity index (χ4v) is 2.66. The highest BCUT2D eigenvalue weighted by Gasteiger charge is 2.07. The van der Waals surface area contributed by atoms with Gasteiger partial charge in [0.05, 0.1) is 23.1 Å². The van der Waals surface area contributed by atoms with Crippen molar-refractivity contribution >= 4 is 49.8 Å². The molecule has 3 nitrogen and oxygen atoms in total. The molecule has 0 aliphatic rings. The van der Waals surface area contributed by atoms with E-state index in [1.807, 2.05) is 42.5 Å². The lowest BCUT2D eigenvalue weighted by molar-refractivity contribution is 1.15. The van der Waals surface area contributed by atoms with Crippen molar-refractivity contribution in [3.05, 3.63) is 63.7 Å². The van der Waals surface area contributed by atoms with Crippen molar-refractivity contribution in [1.82, 2.24) is 4.98 Å². The summed E-state index contributed by atoms with van der Waals surface area (Å²) in [5.74, 6) is 0. The molecule has 21 heavy (non-hydrogen) atoms. The number of nitrogens with one attached hydrogen (secondary N) is 1. The van der Waals surface area contributed by atoms with E-state index in [1.165, 1.54) is 0 Å². The van der Waals surface area contributed by atoms with Crippen LogP contribution < -0.4 is 11.1 Å². The number of rotatable bonds is 3. The van der Waals surface area contributed by atoms with Crippen LogP contribution in [0, 0.1) is 0 Å². The van der Waals surface area contributed by atoms with Crippen molar-refractivity contribution in [1.29, 1.82) is 0 Å². The standard InChI is InChI=1S/C16H13BrClN3/c17-11-3-6-15-13(7-11)16(14(19)9-20-15)21-8-10-1-4-12(18)5-2-10/h1-7,9H,8,19H2,(H,20,21). The van der Waals surface area contributed by atoms with Crippen molar-refractivity contribution in [3.8, 4) is 0 Å². The van der Waals surface area contributed by atoms with Crippen LogP contribution in [-0.2, 0) is 6.54 Å². The predicted octanol–water partition coefficient (Wildman–Crippen LogP) is 4.85. The Bertz CT molecular complexity index is 782. The van der Waals surface area contributed by atoms with Crippen LogP contribution in [0.15, 0.2) is 53.1 Å². The summed E-state index contributed by atoms with van der Waals surface area (Å²) in [6.07, 6.45) is 1.68. The van der Waals surface area contributed by atoms with Crippen LogP contribution >= 0.6 is 27.5 Å². The zero-order valence-corrected chi connectivity index (χ0v) is 13.4. The highest BCUT2D eigenvalue weighted by molar-refractivity contribution is 9.10. The number of aromatic nitrogens is 1. The molecule has 106 valence electrons. The number of nitrogens with two attached hydrogens (primary N) is 1. The highest BCUT2D eigenvalue weighted by atomic mass is 79.9. The molecule has 0 spiro atoms. The fraction of sp³-hybridized carbons (Fsp3) is 0.0625. The first-order valence-electron chi connectivity index (χ1n) is 6.45. The molecule has 1 heterocycles. The summed E-state index contributed by atoms with van der Waals surface area (Å²) in [7, 11) is 0. The largest absolute Gasteiger partial charge is 0.396 e. The van der Waals surface area contributed by atoms with E-state index in [2.05, 4.69) is 26.2 Å². The average molecular weight is 363 g/mol. The fourth-order valence-electron chi connectivity index (χ4n) is 2.17. The van der Waals surface area contributed by atoms with Crippen LogP contribution in [0.5, 0.6) is 0 Å². The summed E-state index contributed by atoms with van der Waals surface area (Å²) in [6, 6.07) is 13.7. The number of anilines is 2. The predicted molar refractivity (Wildman–Crippen MR) is 92.6 cm³/mol. The summed E-state index contributed by atoms with van der Waals surface area (Å²) < 4.78 is 0.997. The van der Waals surface area contributed by atoms with Gasteiger partial charge in [-0.25, -0.2) is 0 Å². The lowest BCUT2D eigenvalue weighted by atomic mass is 10.1. The van der Waals surface area contributed by atoms with Gasteiger partial charge in [0.25, 0.3) is 0 Å². The van der Waals surface area contributed by atoms with Crippen molar-refractivity contribution < 1.29 is 0 Å². The van der Waals surface area contributed by atoms with Crippen LogP contribution in [0.2, 0.25) is 5.02 Å². The van der Waals surface area contributed by atoms with E-state index in [4.69, 9.17) is 17.3 Å². The second kappa shape index (κ2) is 5.92. The van der Waals surface area contributed by atoms with Gasteiger partial charge in [-0.2, -0.15) is 0 Å². The topological polar surface area (TPSA) is 50.9 Å². The highest BCUT2D eigenvalue weighted by Crippen LogP contribution is 2.30. The Kier molecular flexibility index (Phi) is 3.99. The molecule has 0 aliphatic heterocycles. The molecule has 3 aromatic rings. The third-order valence-corrected chi connectivity index (χ3v) is 3.99. The van der Waals surface area contributed by atoms with E-state index in [9.17, 15) is 0 Å². The first-order chi connectivity index (χ1) is 10.1. The number of pyridine rings is 1. The Morgan fingerprint density at radius 1 is 1.14 bits per heavy atom. The summed E-state index contributed by atoms with van der Waals surface area (Å²) >= 11 is 9.38. The second-order valence-electron chi connectivity index (χ2n) is 4.73. The Labute approximate surface area is 136 Å². The lowest BCUT2D eigenvalue weighted by Crippen LogP contribution is -2.04. The number of hydrogen-bond acceptors (Lipinski definition) is 3. The van der Waals surface area contributed by atoms with Crippen LogP contribution in [0.1, 0.15) is 5.56 Å². The Morgan fingerprint density at radius 2 is 1.90 bits per heavy atom. The molecule has 0 bridgehead atoms. The smallest absolute Gasteiger partial charge is 0.0743 e. The summed E-state index contributed by atoms with van der Waals surface area (Å²) in [5, 5.41) is 5.12. The number of benzene rings is 2. The molecule has 5 heteroatoms. The molecule has 0 amide bonds. The van der Waals surface area contributed by atoms with Crippen LogP contribution in [0.4, 0.5) is 11.4 Å². The molecule has 1 aromatic heterocycles. The van der Waals surface area contributed by atoms with Gasteiger partial charge in [-0.1, -0.05) is 39.7 Å². The normalized spacial score (nSPS) is 10.8. The lowest BCUT2D eigenvalue weighted by Gasteiger charge is -2.12. The number of nitrogens with zero attached hydrogens (tertiary/aromatic N) is 1. The van der Waals surface area contributed by atoms with Gasteiger partial charge in [0, 0.05) is 21.4 Å². The van der Waals surface area contributed by atoms with Gasteiger partial charge < -0.3 is 11.1 Å². The maximum absolute atomic E-state index is 6.06. The number of nitrogen functional groups attached to an aromatic ring is 1. The maximum Gasteiger partial charge on any atom is 0.0743 e. The molecule has 0 unspecified atom stereocenters. The van der Waals surface area contributed by atoms with E-state index in [0.29, 0.717) is 12.2 Å². The van der Waals surface area contributed by atoms with Crippen molar-refractivity contribution in [2.45, 2.75) is 6.54 Å². The summed E-state index contributed by atoms with van der Waals surface area (Å²) in [6.45, 7) is 0.674. The van der Waals surface area contributed by atoms with E-state index in [0.717, 1.165) is 31.6 Å². The maximum atomic E-state index is 6.06. The van der Waals surface area contributed by atoms with Crippen LogP contribution in [0.3, 0.4) is 0 Å². The van der Waals surface area contributed by atoms with Gasteiger partial charge in [0.15, 0.2) is 0 Å². The molecular formula is C16H13BrClN3. The van der Waals surface area contributed by atoms with Gasteiger partial charge in [0.2, 0.25) is 0 Å². The zero-order chi connectivity index (χ0) is 14.8. The second-order valence-corrected chi connectivity index (χ2v) is 6.08. The van der Waals surface area contributed by atoms with E-state index < -0.39 is 0 Å². The summed E-state index contributed by atoms with van der Waals surface area (Å²) in [4.78, 5) is 4.35. The molecule has 3 N–H and O–H groups in total. The summed E-state index contributed by atoms with van der Waals surface area (Å²) in [5.41, 5.74) is 9.64. The molecule has 0 atom stereocenters. The average Bonchev–Trinajstić information content (AvgIpc) is 2.48. The van der Waals surface area contributed by atoms with Crippen molar-refractivity contribution in [2.75, 3.05) is 11.1 Å². The minimum absolute atomic E-state index is 0.634. The third-order valence-electron chi connectivity index (χ3n) is 3.24. The van der Waals surface area contributed by atoms with Crippen LogP contribution in [0.25, 0.3) is 10.9 Å². The molecule has 0 radical (unpaired) electrons. The minimum Gasteiger partial charge on any atom is -0.396 e. The third kappa shape index (κ3) is 3.12.